The fourth-order valence-corrected chi connectivity index (χ4v) is 2.85. The highest BCUT2D eigenvalue weighted by molar-refractivity contribution is 6.34. The molecule has 0 aliphatic carbocycles. The highest BCUT2D eigenvalue weighted by Gasteiger charge is 2.23. The van der Waals surface area contributed by atoms with Crippen LogP contribution in [0.1, 0.15) is 28.8 Å². The first-order valence-electron chi connectivity index (χ1n) is 7.40. The SMILES string of the molecule is COCCN(CC1CCCN1)C(=O)c1cccc(C)c1Cl. The van der Waals surface area contributed by atoms with E-state index in [1.165, 1.54) is 6.42 Å². The molecule has 116 valence electrons. The third-order valence-corrected chi connectivity index (χ3v) is 4.38. The molecular weight excluding hydrogens is 288 g/mol. The maximum Gasteiger partial charge on any atom is 0.255 e. The smallest absolute Gasteiger partial charge is 0.255 e. The van der Waals surface area contributed by atoms with E-state index in [4.69, 9.17) is 16.3 Å². The first-order chi connectivity index (χ1) is 10.1. The number of halogens is 1. The van der Waals surface area contributed by atoms with Crippen LogP contribution < -0.4 is 5.32 Å². The van der Waals surface area contributed by atoms with Crippen molar-refractivity contribution in [2.75, 3.05) is 33.4 Å². The Labute approximate surface area is 131 Å². The second kappa shape index (κ2) is 7.78. The minimum absolute atomic E-state index is 0.0190. The Morgan fingerprint density at radius 2 is 2.33 bits per heavy atom. The lowest BCUT2D eigenvalue weighted by Gasteiger charge is -2.26. The molecule has 0 aromatic heterocycles. The lowest BCUT2D eigenvalue weighted by atomic mass is 10.1. The summed E-state index contributed by atoms with van der Waals surface area (Å²) in [5.74, 6) is -0.0190. The van der Waals surface area contributed by atoms with Gasteiger partial charge in [-0.1, -0.05) is 23.7 Å². The molecule has 0 bridgehead atoms. The Morgan fingerprint density at radius 1 is 1.52 bits per heavy atom. The number of methoxy groups -OCH3 is 1. The molecule has 1 N–H and O–H groups in total. The summed E-state index contributed by atoms with van der Waals surface area (Å²) in [6.45, 7) is 4.76. The van der Waals surface area contributed by atoms with Crippen molar-refractivity contribution in [2.24, 2.45) is 0 Å². The Kier molecular flexibility index (Phi) is 6.03. The van der Waals surface area contributed by atoms with Crippen LogP contribution in [0, 0.1) is 6.92 Å². The summed E-state index contributed by atoms with van der Waals surface area (Å²) in [6, 6.07) is 5.95. The molecule has 1 aromatic rings. The zero-order valence-corrected chi connectivity index (χ0v) is 13.4. The number of amides is 1. The Morgan fingerprint density at radius 3 is 3.00 bits per heavy atom. The second-order valence-corrected chi connectivity index (χ2v) is 5.85. The molecular formula is C16H23ClN2O2. The van der Waals surface area contributed by atoms with Crippen molar-refractivity contribution in [3.05, 3.63) is 34.3 Å². The standard InChI is InChI=1S/C16H23ClN2O2/c1-12-5-3-7-14(15(12)17)16(20)19(9-10-21-2)11-13-6-4-8-18-13/h3,5,7,13,18H,4,6,8-11H2,1-2H3. The zero-order chi connectivity index (χ0) is 15.2. The van der Waals surface area contributed by atoms with Crippen LogP contribution in [0.2, 0.25) is 5.02 Å². The molecule has 0 radical (unpaired) electrons. The van der Waals surface area contributed by atoms with Crippen LogP contribution in [-0.2, 0) is 4.74 Å². The van der Waals surface area contributed by atoms with E-state index in [1.807, 2.05) is 24.0 Å². The van der Waals surface area contributed by atoms with E-state index in [0.29, 0.717) is 36.3 Å². The summed E-state index contributed by atoms with van der Waals surface area (Å²) >= 11 is 6.29. The average Bonchev–Trinajstić information content (AvgIpc) is 2.98. The fraction of sp³-hybridized carbons (Fsp3) is 0.562. The Hall–Kier alpha value is -1.10. The van der Waals surface area contributed by atoms with Crippen molar-refractivity contribution in [1.29, 1.82) is 0 Å². The van der Waals surface area contributed by atoms with Gasteiger partial charge in [-0.3, -0.25) is 4.79 Å². The van der Waals surface area contributed by atoms with E-state index >= 15 is 0 Å². The van der Waals surface area contributed by atoms with E-state index in [9.17, 15) is 4.79 Å². The summed E-state index contributed by atoms with van der Waals surface area (Å²) in [5.41, 5.74) is 1.50. The molecule has 0 saturated carbocycles. The molecule has 1 aliphatic heterocycles. The number of hydrogen-bond acceptors (Lipinski definition) is 3. The molecule has 1 atom stereocenters. The minimum Gasteiger partial charge on any atom is -0.383 e. The molecule has 1 amide bonds. The van der Waals surface area contributed by atoms with Crippen LogP contribution >= 0.6 is 11.6 Å². The van der Waals surface area contributed by atoms with Gasteiger partial charge in [0.2, 0.25) is 0 Å². The molecule has 1 heterocycles. The molecule has 5 heteroatoms. The van der Waals surface area contributed by atoms with Crippen molar-refractivity contribution in [1.82, 2.24) is 10.2 Å². The highest BCUT2D eigenvalue weighted by Crippen LogP contribution is 2.22. The maximum atomic E-state index is 12.8. The van der Waals surface area contributed by atoms with E-state index in [1.54, 1.807) is 13.2 Å². The summed E-state index contributed by atoms with van der Waals surface area (Å²) < 4.78 is 5.13. The Balaban J connectivity index is 2.13. The molecule has 1 aliphatic rings. The number of carbonyl (C=O) groups excluding carboxylic acids is 1. The van der Waals surface area contributed by atoms with E-state index in [2.05, 4.69) is 5.32 Å². The van der Waals surface area contributed by atoms with Gasteiger partial charge >= 0.3 is 0 Å². The number of hydrogen-bond donors (Lipinski definition) is 1. The summed E-state index contributed by atoms with van der Waals surface area (Å²) in [6.07, 6.45) is 2.28. The topological polar surface area (TPSA) is 41.6 Å². The number of benzene rings is 1. The van der Waals surface area contributed by atoms with Crippen molar-refractivity contribution in [3.63, 3.8) is 0 Å². The molecule has 4 nitrogen and oxygen atoms in total. The quantitative estimate of drug-likeness (QED) is 0.877. The van der Waals surface area contributed by atoms with Gasteiger partial charge < -0.3 is 15.0 Å². The van der Waals surface area contributed by atoms with Crippen LogP contribution in [0.3, 0.4) is 0 Å². The van der Waals surface area contributed by atoms with Crippen LogP contribution in [0.15, 0.2) is 18.2 Å². The maximum absolute atomic E-state index is 12.8. The van der Waals surface area contributed by atoms with Crippen molar-refractivity contribution >= 4 is 17.5 Å². The van der Waals surface area contributed by atoms with Gasteiger partial charge in [0.05, 0.1) is 17.2 Å². The van der Waals surface area contributed by atoms with E-state index < -0.39 is 0 Å². The van der Waals surface area contributed by atoms with Gasteiger partial charge in [-0.25, -0.2) is 0 Å². The molecule has 1 saturated heterocycles. The van der Waals surface area contributed by atoms with Crippen molar-refractivity contribution < 1.29 is 9.53 Å². The number of ether oxygens (including phenoxy) is 1. The highest BCUT2D eigenvalue weighted by atomic mass is 35.5. The monoisotopic (exact) mass is 310 g/mol. The number of rotatable bonds is 6. The summed E-state index contributed by atoms with van der Waals surface area (Å²) in [4.78, 5) is 14.6. The van der Waals surface area contributed by atoms with Crippen molar-refractivity contribution in [2.45, 2.75) is 25.8 Å². The van der Waals surface area contributed by atoms with Gasteiger partial charge in [0.1, 0.15) is 0 Å². The normalized spacial score (nSPS) is 18.0. The van der Waals surface area contributed by atoms with Gasteiger partial charge in [0, 0.05) is 26.2 Å². The molecule has 1 unspecified atom stereocenters. The fourth-order valence-electron chi connectivity index (χ4n) is 2.64. The summed E-state index contributed by atoms with van der Waals surface area (Å²) in [5, 5.41) is 3.97. The second-order valence-electron chi connectivity index (χ2n) is 5.47. The Bertz CT molecular complexity index is 487. The van der Waals surface area contributed by atoms with Crippen LogP contribution in [-0.4, -0.2) is 50.2 Å². The third-order valence-electron chi connectivity index (χ3n) is 3.88. The largest absolute Gasteiger partial charge is 0.383 e. The predicted molar refractivity (Wildman–Crippen MR) is 85.0 cm³/mol. The van der Waals surface area contributed by atoms with Crippen molar-refractivity contribution in [3.8, 4) is 0 Å². The minimum atomic E-state index is -0.0190. The molecule has 1 fully saturated rings. The number of aryl methyl sites for hydroxylation is 1. The molecule has 0 spiro atoms. The first kappa shape index (κ1) is 16.3. The van der Waals surface area contributed by atoms with Gasteiger partial charge in [0.15, 0.2) is 0 Å². The third kappa shape index (κ3) is 4.19. The van der Waals surface area contributed by atoms with Gasteiger partial charge in [0.25, 0.3) is 5.91 Å². The number of nitrogens with zero attached hydrogens (tertiary/aromatic N) is 1. The van der Waals surface area contributed by atoms with E-state index in [0.717, 1.165) is 18.5 Å². The zero-order valence-electron chi connectivity index (χ0n) is 12.7. The van der Waals surface area contributed by atoms with Gasteiger partial charge in [-0.05, 0) is 37.9 Å². The average molecular weight is 311 g/mol. The molecule has 1 aromatic carbocycles. The molecule has 21 heavy (non-hydrogen) atoms. The number of carbonyl (C=O) groups is 1. The van der Waals surface area contributed by atoms with Crippen LogP contribution in [0.4, 0.5) is 0 Å². The van der Waals surface area contributed by atoms with E-state index in [-0.39, 0.29) is 5.91 Å². The molecule has 2 rings (SSSR count). The van der Waals surface area contributed by atoms with Crippen LogP contribution in [0.25, 0.3) is 0 Å². The van der Waals surface area contributed by atoms with Gasteiger partial charge in [-0.15, -0.1) is 0 Å². The lowest BCUT2D eigenvalue weighted by molar-refractivity contribution is 0.0679. The summed E-state index contributed by atoms with van der Waals surface area (Å²) in [7, 11) is 1.65. The first-order valence-corrected chi connectivity index (χ1v) is 7.78. The van der Waals surface area contributed by atoms with Crippen LogP contribution in [0.5, 0.6) is 0 Å². The number of nitrogens with one attached hydrogen (secondary N) is 1. The van der Waals surface area contributed by atoms with Gasteiger partial charge in [-0.2, -0.15) is 0 Å². The lowest BCUT2D eigenvalue weighted by Crippen LogP contribution is -2.42. The predicted octanol–water partition coefficient (Wildman–Crippen LogP) is 2.49.